The lowest BCUT2D eigenvalue weighted by Gasteiger charge is -2.11. The fourth-order valence-electron chi connectivity index (χ4n) is 1.73. The second-order valence-electron chi connectivity index (χ2n) is 4.00. The quantitative estimate of drug-likeness (QED) is 0.841. The Morgan fingerprint density at radius 2 is 2.00 bits per heavy atom. The average molecular weight is 244 g/mol. The Labute approximate surface area is 104 Å². The number of Topliss-reactive ketones (excluding diaryl/α,β-unsaturated/α-hetero) is 1. The number of pyridine rings is 1. The second kappa shape index (κ2) is 5.51. The molecule has 0 fully saturated rings. The summed E-state index contributed by atoms with van der Waals surface area (Å²) in [5, 5.41) is 0. The highest BCUT2D eigenvalue weighted by atomic mass is 19.1. The van der Waals surface area contributed by atoms with E-state index in [2.05, 4.69) is 4.98 Å². The first-order chi connectivity index (χ1) is 8.68. The maximum atomic E-state index is 13.4. The molecule has 1 aromatic carbocycles. The van der Waals surface area contributed by atoms with Gasteiger partial charge in [0.05, 0.1) is 11.8 Å². The smallest absolute Gasteiger partial charge is 0.167 e. The maximum Gasteiger partial charge on any atom is 0.167 e. The number of rotatable bonds is 4. The molecular formula is C14H13FN2O. The summed E-state index contributed by atoms with van der Waals surface area (Å²) in [5.41, 5.74) is 6.82. The van der Waals surface area contributed by atoms with E-state index < -0.39 is 11.9 Å². The van der Waals surface area contributed by atoms with Crippen LogP contribution in [0.25, 0.3) is 0 Å². The molecule has 0 aliphatic heterocycles. The molecule has 0 amide bonds. The van der Waals surface area contributed by atoms with Crippen LogP contribution in [0, 0.1) is 5.82 Å². The summed E-state index contributed by atoms with van der Waals surface area (Å²) in [7, 11) is 0. The number of aromatic nitrogens is 1. The lowest BCUT2D eigenvalue weighted by molar-refractivity contribution is 0.0970. The zero-order chi connectivity index (χ0) is 13.0. The van der Waals surface area contributed by atoms with Crippen LogP contribution in [0.1, 0.15) is 28.4 Å². The van der Waals surface area contributed by atoms with Crippen LogP contribution in [0.5, 0.6) is 0 Å². The minimum Gasteiger partial charge on any atom is -0.324 e. The third kappa shape index (κ3) is 2.78. The van der Waals surface area contributed by atoms with Gasteiger partial charge in [-0.2, -0.15) is 0 Å². The highest BCUT2D eigenvalue weighted by Gasteiger charge is 2.16. The van der Waals surface area contributed by atoms with Crippen LogP contribution in [0.4, 0.5) is 4.39 Å². The van der Waals surface area contributed by atoms with Gasteiger partial charge in [-0.25, -0.2) is 4.39 Å². The molecule has 1 heterocycles. The Hall–Kier alpha value is -2.07. The van der Waals surface area contributed by atoms with E-state index in [0.29, 0.717) is 0 Å². The molecule has 1 aromatic heterocycles. The Balaban J connectivity index is 2.11. The Kier molecular flexibility index (Phi) is 3.79. The molecule has 2 aromatic rings. The van der Waals surface area contributed by atoms with Crippen LogP contribution in [-0.4, -0.2) is 10.8 Å². The summed E-state index contributed by atoms with van der Waals surface area (Å²) < 4.78 is 13.4. The Morgan fingerprint density at radius 1 is 1.28 bits per heavy atom. The molecule has 0 saturated carbocycles. The normalized spacial score (nSPS) is 12.1. The van der Waals surface area contributed by atoms with Gasteiger partial charge >= 0.3 is 0 Å². The van der Waals surface area contributed by atoms with E-state index in [0.717, 1.165) is 11.8 Å². The fourth-order valence-corrected chi connectivity index (χ4v) is 1.73. The first-order valence-electron chi connectivity index (χ1n) is 5.61. The Bertz CT molecular complexity index is 543. The summed E-state index contributed by atoms with van der Waals surface area (Å²) >= 11 is 0. The van der Waals surface area contributed by atoms with Crippen molar-refractivity contribution in [1.29, 1.82) is 0 Å². The van der Waals surface area contributed by atoms with Crippen molar-refractivity contribution in [2.45, 2.75) is 12.5 Å². The van der Waals surface area contributed by atoms with E-state index in [4.69, 9.17) is 5.73 Å². The number of hydrogen-bond acceptors (Lipinski definition) is 3. The molecular weight excluding hydrogens is 231 g/mol. The molecule has 1 atom stereocenters. The van der Waals surface area contributed by atoms with E-state index in [1.165, 1.54) is 12.3 Å². The van der Waals surface area contributed by atoms with E-state index in [1.54, 1.807) is 0 Å². The van der Waals surface area contributed by atoms with Crippen LogP contribution in [0.2, 0.25) is 0 Å². The number of ketones is 1. The summed E-state index contributed by atoms with van der Waals surface area (Å²) in [5.74, 6) is -0.922. The van der Waals surface area contributed by atoms with Crippen molar-refractivity contribution >= 4 is 5.78 Å². The molecule has 2 rings (SSSR count). The van der Waals surface area contributed by atoms with Crippen molar-refractivity contribution in [1.82, 2.24) is 4.98 Å². The second-order valence-corrected chi connectivity index (χ2v) is 4.00. The van der Waals surface area contributed by atoms with Crippen molar-refractivity contribution in [3.05, 3.63) is 65.7 Å². The third-order valence-electron chi connectivity index (χ3n) is 2.71. The minimum absolute atomic E-state index is 0.0383. The van der Waals surface area contributed by atoms with Gasteiger partial charge in [0.25, 0.3) is 0 Å². The Morgan fingerprint density at radius 3 is 2.67 bits per heavy atom. The molecule has 3 nitrogen and oxygen atoms in total. The van der Waals surface area contributed by atoms with Gasteiger partial charge in [-0.15, -0.1) is 0 Å². The maximum absolute atomic E-state index is 13.4. The molecule has 0 saturated heterocycles. The standard InChI is InChI=1S/C14H13FN2O/c15-12-9-17-7-6-11(12)14(18)8-13(16)10-4-2-1-3-5-10/h1-7,9,13H,8,16H2. The van der Waals surface area contributed by atoms with Gasteiger partial charge in [-0.05, 0) is 11.6 Å². The van der Waals surface area contributed by atoms with Crippen molar-refractivity contribution in [2.24, 2.45) is 5.73 Å². The predicted octanol–water partition coefficient (Wildman–Crippen LogP) is 2.49. The zero-order valence-corrected chi connectivity index (χ0v) is 9.71. The summed E-state index contributed by atoms with van der Waals surface area (Å²) in [4.78, 5) is 15.5. The van der Waals surface area contributed by atoms with Gasteiger partial charge in [-0.3, -0.25) is 9.78 Å². The third-order valence-corrected chi connectivity index (χ3v) is 2.71. The molecule has 2 N–H and O–H groups in total. The minimum atomic E-state index is -0.609. The molecule has 4 heteroatoms. The van der Waals surface area contributed by atoms with E-state index in [1.807, 2.05) is 30.3 Å². The molecule has 0 spiro atoms. The largest absolute Gasteiger partial charge is 0.324 e. The first kappa shape index (κ1) is 12.4. The fraction of sp³-hybridized carbons (Fsp3) is 0.143. The summed E-state index contributed by atoms with van der Waals surface area (Å²) in [6.07, 6.45) is 2.50. The first-order valence-corrected chi connectivity index (χ1v) is 5.61. The van der Waals surface area contributed by atoms with Gasteiger partial charge in [-0.1, -0.05) is 30.3 Å². The molecule has 1 unspecified atom stereocenters. The van der Waals surface area contributed by atoms with Gasteiger partial charge in [0.15, 0.2) is 11.6 Å². The highest BCUT2D eigenvalue weighted by Crippen LogP contribution is 2.17. The number of hydrogen-bond donors (Lipinski definition) is 1. The highest BCUT2D eigenvalue weighted by molar-refractivity contribution is 5.96. The monoisotopic (exact) mass is 244 g/mol. The average Bonchev–Trinajstić information content (AvgIpc) is 2.40. The lowest BCUT2D eigenvalue weighted by Crippen LogP contribution is -2.16. The van der Waals surface area contributed by atoms with Gasteiger partial charge in [0, 0.05) is 18.7 Å². The molecule has 92 valence electrons. The van der Waals surface area contributed by atoms with Crippen molar-refractivity contribution in [3.8, 4) is 0 Å². The SMILES string of the molecule is NC(CC(=O)c1ccncc1F)c1ccccc1. The van der Waals surface area contributed by atoms with Crippen molar-refractivity contribution < 1.29 is 9.18 Å². The zero-order valence-electron chi connectivity index (χ0n) is 9.71. The number of carbonyl (C=O) groups is 1. The van der Waals surface area contributed by atoms with E-state index >= 15 is 0 Å². The van der Waals surface area contributed by atoms with Crippen molar-refractivity contribution in [2.75, 3.05) is 0 Å². The number of halogens is 1. The lowest BCUT2D eigenvalue weighted by atomic mass is 9.99. The number of carbonyl (C=O) groups excluding carboxylic acids is 1. The molecule has 0 aliphatic rings. The van der Waals surface area contributed by atoms with E-state index in [-0.39, 0.29) is 17.8 Å². The van der Waals surface area contributed by atoms with Gasteiger partial charge in [0.1, 0.15) is 0 Å². The van der Waals surface area contributed by atoms with Crippen molar-refractivity contribution in [3.63, 3.8) is 0 Å². The summed E-state index contributed by atoms with van der Waals surface area (Å²) in [6.45, 7) is 0. The number of nitrogens with two attached hydrogens (primary N) is 1. The molecule has 0 radical (unpaired) electrons. The number of nitrogens with zero attached hydrogens (tertiary/aromatic N) is 1. The topological polar surface area (TPSA) is 56.0 Å². The summed E-state index contributed by atoms with van der Waals surface area (Å²) in [6, 6.07) is 10.2. The van der Waals surface area contributed by atoms with Gasteiger partial charge < -0.3 is 5.73 Å². The predicted molar refractivity (Wildman–Crippen MR) is 66.5 cm³/mol. The van der Waals surface area contributed by atoms with Gasteiger partial charge in [0.2, 0.25) is 0 Å². The van der Waals surface area contributed by atoms with E-state index in [9.17, 15) is 9.18 Å². The molecule has 0 bridgehead atoms. The van der Waals surface area contributed by atoms with Crippen LogP contribution in [-0.2, 0) is 0 Å². The van der Waals surface area contributed by atoms with Crippen LogP contribution in [0.15, 0.2) is 48.8 Å². The number of benzene rings is 1. The molecule has 18 heavy (non-hydrogen) atoms. The van der Waals surface area contributed by atoms with Crippen LogP contribution >= 0.6 is 0 Å². The van der Waals surface area contributed by atoms with Crippen LogP contribution < -0.4 is 5.73 Å². The van der Waals surface area contributed by atoms with Crippen LogP contribution in [0.3, 0.4) is 0 Å². The molecule has 0 aliphatic carbocycles.